The molecule has 1 aliphatic rings. The lowest BCUT2D eigenvalue weighted by molar-refractivity contribution is -0.137. The molecule has 0 bridgehead atoms. The van der Waals surface area contributed by atoms with Gasteiger partial charge in [-0.2, -0.15) is 13.2 Å². The van der Waals surface area contributed by atoms with Gasteiger partial charge in [-0.05, 0) is 50.6 Å². The third-order valence-electron chi connectivity index (χ3n) is 4.33. The molecule has 23 heavy (non-hydrogen) atoms. The van der Waals surface area contributed by atoms with Crippen molar-refractivity contribution in [1.29, 1.82) is 0 Å². The first-order valence-corrected chi connectivity index (χ1v) is 8.51. The topological polar surface area (TPSA) is 12.5 Å². The third kappa shape index (κ3) is 6.05. The Bertz CT molecular complexity index is 476. The zero-order valence-corrected chi connectivity index (χ0v) is 13.7. The van der Waals surface area contributed by atoms with Crippen molar-refractivity contribution in [2.24, 2.45) is 5.92 Å². The summed E-state index contributed by atoms with van der Waals surface area (Å²) in [5, 5.41) is 0. The second kappa shape index (κ2) is 8.57. The average Bonchev–Trinajstić information content (AvgIpc) is 2.53. The van der Waals surface area contributed by atoms with Crippen LogP contribution < -0.4 is 4.74 Å². The van der Waals surface area contributed by atoms with Crippen molar-refractivity contribution in [2.75, 3.05) is 26.2 Å². The van der Waals surface area contributed by atoms with Crippen LogP contribution >= 0.6 is 0 Å². The summed E-state index contributed by atoms with van der Waals surface area (Å²) in [4.78, 5) is 2.46. The summed E-state index contributed by atoms with van der Waals surface area (Å²) in [6, 6.07) is 5.15. The highest BCUT2D eigenvalue weighted by Gasteiger charge is 2.30. The first-order valence-electron chi connectivity index (χ1n) is 8.51. The molecule has 1 fully saturated rings. The fraction of sp³-hybridized carbons (Fsp3) is 0.667. The van der Waals surface area contributed by atoms with Crippen molar-refractivity contribution in [1.82, 2.24) is 4.90 Å². The van der Waals surface area contributed by atoms with E-state index in [1.54, 1.807) is 6.07 Å². The molecule has 0 radical (unpaired) electrons. The summed E-state index contributed by atoms with van der Waals surface area (Å²) in [7, 11) is 0. The number of alkyl halides is 3. The number of halogens is 3. The van der Waals surface area contributed by atoms with Crippen molar-refractivity contribution < 1.29 is 17.9 Å². The van der Waals surface area contributed by atoms with E-state index in [1.807, 2.05) is 0 Å². The molecule has 1 saturated heterocycles. The van der Waals surface area contributed by atoms with Crippen molar-refractivity contribution >= 4 is 0 Å². The lowest BCUT2D eigenvalue weighted by Crippen LogP contribution is -2.38. The molecule has 1 unspecified atom stereocenters. The van der Waals surface area contributed by atoms with Crippen LogP contribution in [0.5, 0.6) is 5.75 Å². The SMILES string of the molecule is CCCCCN1CCCC(COc2cccc(C(F)(F)F)c2)C1. The first kappa shape index (κ1) is 18.1. The van der Waals surface area contributed by atoms with Crippen LogP contribution in [-0.4, -0.2) is 31.1 Å². The Morgan fingerprint density at radius 2 is 2.09 bits per heavy atom. The lowest BCUT2D eigenvalue weighted by Gasteiger charge is -2.32. The van der Waals surface area contributed by atoms with Gasteiger partial charge >= 0.3 is 6.18 Å². The molecule has 0 amide bonds. The largest absolute Gasteiger partial charge is 0.493 e. The minimum absolute atomic E-state index is 0.308. The number of unbranched alkanes of at least 4 members (excludes halogenated alkanes) is 2. The molecule has 130 valence electrons. The van der Waals surface area contributed by atoms with Gasteiger partial charge in [0.05, 0.1) is 12.2 Å². The molecular weight excluding hydrogens is 303 g/mol. The molecule has 5 heteroatoms. The van der Waals surface area contributed by atoms with E-state index in [4.69, 9.17) is 4.74 Å². The quantitative estimate of drug-likeness (QED) is 0.654. The number of hydrogen-bond donors (Lipinski definition) is 0. The molecule has 0 saturated carbocycles. The van der Waals surface area contributed by atoms with Gasteiger partial charge in [0.15, 0.2) is 0 Å². The number of benzene rings is 1. The van der Waals surface area contributed by atoms with Gasteiger partial charge in [-0.1, -0.05) is 25.8 Å². The van der Waals surface area contributed by atoms with E-state index >= 15 is 0 Å². The van der Waals surface area contributed by atoms with Crippen molar-refractivity contribution in [3.63, 3.8) is 0 Å². The summed E-state index contributed by atoms with van der Waals surface area (Å²) >= 11 is 0. The molecule has 1 heterocycles. The van der Waals surface area contributed by atoms with E-state index < -0.39 is 11.7 Å². The fourth-order valence-corrected chi connectivity index (χ4v) is 3.05. The predicted molar refractivity (Wildman–Crippen MR) is 85.6 cm³/mol. The zero-order valence-electron chi connectivity index (χ0n) is 13.7. The lowest BCUT2D eigenvalue weighted by atomic mass is 9.98. The first-order chi connectivity index (χ1) is 11.0. The Balaban J connectivity index is 1.81. The second-order valence-corrected chi connectivity index (χ2v) is 6.35. The summed E-state index contributed by atoms with van der Waals surface area (Å²) < 4.78 is 43.7. The predicted octanol–water partition coefficient (Wildman–Crippen LogP) is 4.99. The molecular formula is C18H26F3NO. The molecule has 2 rings (SSSR count). The Morgan fingerprint density at radius 1 is 1.26 bits per heavy atom. The van der Waals surface area contributed by atoms with Gasteiger partial charge in [0.2, 0.25) is 0 Å². The number of rotatable bonds is 7. The monoisotopic (exact) mass is 329 g/mol. The van der Waals surface area contributed by atoms with Gasteiger partial charge in [0.25, 0.3) is 0 Å². The van der Waals surface area contributed by atoms with Gasteiger partial charge < -0.3 is 9.64 Å². The van der Waals surface area contributed by atoms with E-state index in [9.17, 15) is 13.2 Å². The molecule has 1 aromatic rings. The van der Waals surface area contributed by atoms with Crippen molar-refractivity contribution in [3.05, 3.63) is 29.8 Å². The summed E-state index contributed by atoms with van der Waals surface area (Å²) in [5.41, 5.74) is -0.653. The molecule has 0 N–H and O–H groups in total. The van der Waals surface area contributed by atoms with Gasteiger partial charge in [-0.15, -0.1) is 0 Å². The normalized spacial score (nSPS) is 19.7. The van der Waals surface area contributed by atoms with E-state index in [2.05, 4.69) is 11.8 Å². The molecule has 0 aliphatic carbocycles. The fourth-order valence-electron chi connectivity index (χ4n) is 3.05. The van der Waals surface area contributed by atoms with Gasteiger partial charge in [0.1, 0.15) is 5.75 Å². The maximum absolute atomic E-state index is 12.7. The van der Waals surface area contributed by atoms with Crippen LogP contribution in [0, 0.1) is 5.92 Å². The zero-order chi connectivity index (χ0) is 16.7. The van der Waals surface area contributed by atoms with Crippen LogP contribution in [0.25, 0.3) is 0 Å². The maximum Gasteiger partial charge on any atom is 0.416 e. The van der Waals surface area contributed by atoms with E-state index in [-0.39, 0.29) is 0 Å². The van der Waals surface area contributed by atoms with E-state index in [1.165, 1.54) is 25.3 Å². The summed E-state index contributed by atoms with van der Waals surface area (Å²) in [5.74, 6) is 0.711. The van der Waals surface area contributed by atoms with Gasteiger partial charge in [-0.3, -0.25) is 0 Å². The molecule has 0 aromatic heterocycles. The summed E-state index contributed by atoms with van der Waals surface area (Å²) in [6.45, 7) is 5.92. The maximum atomic E-state index is 12.7. The molecule has 2 nitrogen and oxygen atoms in total. The minimum atomic E-state index is -4.32. The molecule has 1 aliphatic heterocycles. The number of ether oxygens (including phenoxy) is 1. The number of nitrogens with zero attached hydrogens (tertiary/aromatic N) is 1. The van der Waals surface area contributed by atoms with Crippen LogP contribution in [-0.2, 0) is 6.18 Å². The van der Waals surface area contributed by atoms with Crippen molar-refractivity contribution in [3.8, 4) is 5.75 Å². The Labute approximate surface area is 136 Å². The third-order valence-corrected chi connectivity index (χ3v) is 4.33. The number of hydrogen-bond acceptors (Lipinski definition) is 2. The average molecular weight is 329 g/mol. The van der Waals surface area contributed by atoms with Crippen molar-refractivity contribution in [2.45, 2.75) is 45.2 Å². The number of likely N-dealkylation sites (tertiary alicyclic amines) is 1. The summed E-state index contributed by atoms with van der Waals surface area (Å²) in [6.07, 6.45) is 1.60. The van der Waals surface area contributed by atoms with Gasteiger partial charge in [-0.25, -0.2) is 0 Å². The highest BCUT2D eigenvalue weighted by Crippen LogP contribution is 2.31. The molecule has 1 atom stereocenters. The Hall–Kier alpha value is -1.23. The van der Waals surface area contributed by atoms with Crippen LogP contribution in [0.4, 0.5) is 13.2 Å². The van der Waals surface area contributed by atoms with Crippen LogP contribution in [0.1, 0.15) is 44.6 Å². The van der Waals surface area contributed by atoms with E-state index in [0.29, 0.717) is 18.3 Å². The number of piperidine rings is 1. The standard InChI is InChI=1S/C18H26F3NO/c1-2-3-4-10-22-11-6-7-15(13-22)14-23-17-9-5-8-16(12-17)18(19,20)21/h5,8-9,12,15H,2-4,6-7,10-11,13-14H2,1H3. The molecule has 1 aromatic carbocycles. The van der Waals surface area contributed by atoms with Crippen LogP contribution in [0.3, 0.4) is 0 Å². The second-order valence-electron chi connectivity index (χ2n) is 6.35. The highest BCUT2D eigenvalue weighted by molar-refractivity contribution is 5.30. The Morgan fingerprint density at radius 3 is 2.83 bits per heavy atom. The van der Waals surface area contributed by atoms with Crippen LogP contribution in [0.2, 0.25) is 0 Å². The smallest absolute Gasteiger partial charge is 0.416 e. The van der Waals surface area contributed by atoms with Gasteiger partial charge in [0, 0.05) is 12.5 Å². The van der Waals surface area contributed by atoms with E-state index in [0.717, 1.165) is 44.6 Å². The Kier molecular flexibility index (Phi) is 6.75. The molecule has 0 spiro atoms. The highest BCUT2D eigenvalue weighted by atomic mass is 19.4. The van der Waals surface area contributed by atoms with Crippen LogP contribution in [0.15, 0.2) is 24.3 Å². The minimum Gasteiger partial charge on any atom is -0.493 e.